The number of amides is 1. The maximum atomic E-state index is 14.0. The van der Waals surface area contributed by atoms with E-state index in [1.807, 2.05) is 0 Å². The third-order valence-electron chi connectivity index (χ3n) is 2.88. The van der Waals surface area contributed by atoms with Crippen molar-refractivity contribution in [2.75, 3.05) is 5.32 Å². The van der Waals surface area contributed by atoms with Crippen LogP contribution in [0, 0.1) is 5.82 Å². The van der Waals surface area contributed by atoms with Crippen molar-refractivity contribution in [2.24, 2.45) is 0 Å². The third-order valence-corrected chi connectivity index (χ3v) is 3.70. The second-order valence-corrected chi connectivity index (χ2v) is 5.50. The highest BCUT2D eigenvalue weighted by molar-refractivity contribution is 9.10. The van der Waals surface area contributed by atoms with Crippen molar-refractivity contribution in [3.05, 3.63) is 57.0 Å². The number of anilines is 1. The zero-order valence-electron chi connectivity index (χ0n) is 9.95. The van der Waals surface area contributed by atoms with Gasteiger partial charge in [-0.15, -0.1) is 0 Å². The van der Waals surface area contributed by atoms with Crippen molar-refractivity contribution in [2.45, 2.75) is 0 Å². The minimum absolute atomic E-state index is 0.314. The Morgan fingerprint density at radius 2 is 2.20 bits per heavy atom. The molecule has 100 valence electrons. The fraction of sp³-hybridized carbons (Fsp3) is 0. The van der Waals surface area contributed by atoms with Gasteiger partial charge in [0.05, 0.1) is 26.4 Å². The first-order valence-electron chi connectivity index (χ1n) is 5.69. The highest BCUT2D eigenvalue weighted by atomic mass is 79.9. The van der Waals surface area contributed by atoms with E-state index in [0.717, 1.165) is 0 Å². The van der Waals surface area contributed by atoms with Crippen LogP contribution >= 0.6 is 27.5 Å². The molecule has 2 aromatic rings. The molecule has 1 aliphatic rings. The molecule has 1 aliphatic heterocycles. The molecule has 2 heterocycles. The highest BCUT2D eigenvalue weighted by Gasteiger charge is 2.26. The number of hydrogen-bond acceptors (Lipinski definition) is 2. The van der Waals surface area contributed by atoms with Gasteiger partial charge in [0, 0.05) is 11.8 Å². The van der Waals surface area contributed by atoms with Crippen LogP contribution in [-0.2, 0) is 4.79 Å². The van der Waals surface area contributed by atoms with E-state index in [0.29, 0.717) is 32.0 Å². The van der Waals surface area contributed by atoms with Crippen LogP contribution < -0.4 is 5.32 Å². The Morgan fingerprint density at radius 3 is 3.00 bits per heavy atom. The number of fused-ring (bicyclic) bond motifs is 1. The van der Waals surface area contributed by atoms with Gasteiger partial charge in [-0.1, -0.05) is 23.7 Å². The van der Waals surface area contributed by atoms with E-state index in [9.17, 15) is 9.18 Å². The fourth-order valence-electron chi connectivity index (χ4n) is 1.97. The van der Waals surface area contributed by atoms with Gasteiger partial charge in [-0.25, -0.2) is 4.39 Å². The summed E-state index contributed by atoms with van der Waals surface area (Å²) in [5.41, 5.74) is 1.63. The summed E-state index contributed by atoms with van der Waals surface area (Å²) in [5.74, 6) is -0.746. The van der Waals surface area contributed by atoms with Crippen molar-refractivity contribution in [1.82, 2.24) is 4.98 Å². The zero-order valence-corrected chi connectivity index (χ0v) is 12.3. The lowest BCUT2D eigenvalue weighted by Gasteiger charge is -2.01. The summed E-state index contributed by atoms with van der Waals surface area (Å²) in [6, 6.07) is 6.49. The summed E-state index contributed by atoms with van der Waals surface area (Å²) in [5, 5.41) is 3.08. The second-order valence-electron chi connectivity index (χ2n) is 4.20. The number of aromatic nitrogens is 1. The molecule has 1 aromatic carbocycles. The lowest BCUT2D eigenvalue weighted by Crippen LogP contribution is -2.03. The Kier molecular flexibility index (Phi) is 3.31. The van der Waals surface area contributed by atoms with Crippen LogP contribution in [0.25, 0.3) is 11.6 Å². The molecule has 6 heteroatoms. The van der Waals surface area contributed by atoms with Gasteiger partial charge in [-0.05, 0) is 34.1 Å². The van der Waals surface area contributed by atoms with Crippen LogP contribution in [-0.4, -0.2) is 10.9 Å². The molecule has 0 atom stereocenters. The predicted octanol–water partition coefficient (Wildman–Crippen LogP) is 4.13. The quantitative estimate of drug-likeness (QED) is 0.783. The maximum Gasteiger partial charge on any atom is 0.258 e. The van der Waals surface area contributed by atoms with Gasteiger partial charge < -0.3 is 5.32 Å². The number of benzene rings is 1. The first-order valence-corrected chi connectivity index (χ1v) is 6.86. The topological polar surface area (TPSA) is 42.0 Å². The normalized spacial score (nSPS) is 15.3. The SMILES string of the molecule is O=C1Nc2cc(Cl)cnc2/C1=C/c1cccc(Br)c1F. The van der Waals surface area contributed by atoms with E-state index in [1.165, 1.54) is 12.3 Å². The molecule has 1 N–H and O–H groups in total. The monoisotopic (exact) mass is 352 g/mol. The van der Waals surface area contributed by atoms with Crippen LogP contribution in [0.3, 0.4) is 0 Å². The Balaban J connectivity index is 2.14. The number of rotatable bonds is 1. The van der Waals surface area contributed by atoms with Gasteiger partial charge in [-0.3, -0.25) is 9.78 Å². The lowest BCUT2D eigenvalue weighted by molar-refractivity contribution is -0.110. The first-order chi connectivity index (χ1) is 9.56. The number of carbonyl (C=O) groups is 1. The number of nitrogens with one attached hydrogen (secondary N) is 1. The van der Waals surface area contributed by atoms with Gasteiger partial charge in [0.2, 0.25) is 0 Å². The zero-order chi connectivity index (χ0) is 14.3. The standard InChI is InChI=1S/C14H7BrClFN2O/c15-10-3-1-2-7(12(10)17)4-9-13-11(19-14(9)20)5-8(16)6-18-13/h1-6H,(H,19,20)/b9-4-. The van der Waals surface area contributed by atoms with Gasteiger partial charge in [0.15, 0.2) is 0 Å². The van der Waals surface area contributed by atoms with Gasteiger partial charge in [0.1, 0.15) is 5.82 Å². The smallest absolute Gasteiger partial charge is 0.258 e. The fourth-order valence-corrected chi connectivity index (χ4v) is 2.51. The van der Waals surface area contributed by atoms with Crippen LogP contribution in [0.5, 0.6) is 0 Å². The first kappa shape index (κ1) is 13.3. The molecule has 20 heavy (non-hydrogen) atoms. The molecule has 3 rings (SSSR count). The molecule has 0 bridgehead atoms. The van der Waals surface area contributed by atoms with E-state index in [4.69, 9.17) is 11.6 Å². The molecule has 0 saturated carbocycles. The van der Waals surface area contributed by atoms with E-state index in [1.54, 1.807) is 24.3 Å². The average molecular weight is 354 g/mol. The largest absolute Gasteiger partial charge is 0.320 e. The molecule has 0 unspecified atom stereocenters. The summed E-state index contributed by atoms with van der Waals surface area (Å²) in [6.45, 7) is 0. The average Bonchev–Trinajstić information content (AvgIpc) is 2.70. The van der Waals surface area contributed by atoms with E-state index in [-0.39, 0.29) is 5.91 Å². The van der Waals surface area contributed by atoms with Crippen LogP contribution in [0.15, 0.2) is 34.9 Å². The second kappa shape index (κ2) is 5.00. The van der Waals surface area contributed by atoms with E-state index in [2.05, 4.69) is 26.2 Å². The number of pyridine rings is 1. The Hall–Kier alpha value is -1.72. The minimum atomic E-state index is -0.421. The summed E-state index contributed by atoms with van der Waals surface area (Å²) >= 11 is 8.94. The molecule has 0 aliphatic carbocycles. The van der Waals surface area contributed by atoms with Crippen LogP contribution in [0.1, 0.15) is 11.3 Å². The third kappa shape index (κ3) is 2.23. The number of hydrogen-bond donors (Lipinski definition) is 1. The Morgan fingerprint density at radius 1 is 1.40 bits per heavy atom. The van der Waals surface area contributed by atoms with Crippen molar-refractivity contribution in [1.29, 1.82) is 0 Å². The summed E-state index contributed by atoms with van der Waals surface area (Å²) < 4.78 is 14.3. The van der Waals surface area contributed by atoms with Gasteiger partial charge in [0.25, 0.3) is 5.91 Å². The van der Waals surface area contributed by atoms with Crippen LogP contribution in [0.2, 0.25) is 5.02 Å². The molecule has 1 amide bonds. The molecule has 0 spiro atoms. The molecule has 0 radical (unpaired) electrons. The maximum absolute atomic E-state index is 14.0. The molecule has 1 aromatic heterocycles. The molecular formula is C14H7BrClFN2O. The lowest BCUT2D eigenvalue weighted by atomic mass is 10.1. The molecule has 3 nitrogen and oxygen atoms in total. The minimum Gasteiger partial charge on any atom is -0.320 e. The highest BCUT2D eigenvalue weighted by Crippen LogP contribution is 2.33. The summed E-state index contributed by atoms with van der Waals surface area (Å²) in [4.78, 5) is 16.1. The molecular weight excluding hydrogens is 347 g/mol. The van der Waals surface area contributed by atoms with Gasteiger partial charge in [-0.2, -0.15) is 0 Å². The van der Waals surface area contributed by atoms with Crippen molar-refractivity contribution in [3.8, 4) is 0 Å². The number of carbonyl (C=O) groups excluding carboxylic acids is 1. The Bertz CT molecular complexity index is 761. The Labute approximate surface area is 127 Å². The molecule has 0 fully saturated rings. The van der Waals surface area contributed by atoms with Gasteiger partial charge >= 0.3 is 0 Å². The van der Waals surface area contributed by atoms with Crippen molar-refractivity contribution >= 4 is 50.8 Å². The summed E-state index contributed by atoms with van der Waals surface area (Å²) in [6.07, 6.45) is 2.92. The number of halogens is 3. The molecule has 0 saturated heterocycles. The van der Waals surface area contributed by atoms with Crippen molar-refractivity contribution in [3.63, 3.8) is 0 Å². The van der Waals surface area contributed by atoms with Crippen LogP contribution in [0.4, 0.5) is 10.1 Å². The summed E-state index contributed by atoms with van der Waals surface area (Å²) in [7, 11) is 0. The predicted molar refractivity (Wildman–Crippen MR) is 79.8 cm³/mol. The number of nitrogens with zero attached hydrogens (tertiary/aromatic N) is 1. The van der Waals surface area contributed by atoms with Crippen molar-refractivity contribution < 1.29 is 9.18 Å². The van der Waals surface area contributed by atoms with E-state index < -0.39 is 5.82 Å². The van der Waals surface area contributed by atoms with E-state index >= 15 is 0 Å².